The fourth-order valence-electron chi connectivity index (χ4n) is 3.63. The number of benzene rings is 2. The highest BCUT2D eigenvalue weighted by atomic mass is 32.2. The number of aryl methyl sites for hydroxylation is 1. The van der Waals surface area contributed by atoms with Crippen molar-refractivity contribution in [2.24, 2.45) is 0 Å². The van der Waals surface area contributed by atoms with E-state index < -0.39 is 0 Å². The van der Waals surface area contributed by atoms with Gasteiger partial charge in [0.15, 0.2) is 0 Å². The first kappa shape index (κ1) is 17.7. The largest absolute Gasteiger partial charge is 0.344 e. The molecule has 0 spiro atoms. The van der Waals surface area contributed by atoms with E-state index in [9.17, 15) is 10.1 Å². The third kappa shape index (κ3) is 3.33. The Morgan fingerprint density at radius 3 is 2.56 bits per heavy atom. The molecule has 1 fully saturated rings. The summed E-state index contributed by atoms with van der Waals surface area (Å²) in [6.07, 6.45) is 1.33. The molecule has 4 rings (SSSR count). The number of hydrogen-bond donors (Lipinski definition) is 0. The number of carbonyl (C=O) groups is 1. The van der Waals surface area contributed by atoms with Crippen molar-refractivity contribution < 1.29 is 4.79 Å². The molecule has 5 heteroatoms. The highest BCUT2D eigenvalue weighted by molar-refractivity contribution is 8.03. The van der Waals surface area contributed by atoms with Gasteiger partial charge in [0, 0.05) is 18.0 Å². The van der Waals surface area contributed by atoms with E-state index in [1.54, 1.807) is 16.7 Å². The van der Waals surface area contributed by atoms with Crippen LogP contribution in [0.15, 0.2) is 65.2 Å². The Bertz CT molecular complexity index is 915. The zero-order valence-electron chi connectivity index (χ0n) is 15.3. The smallest absolute Gasteiger partial charge is 0.229 e. The number of anilines is 1. The standard InChI is InChI=1S/C22H21N3OS/c1-2-16-8-10-17(11-9-16)19-12-21(26)25-14-24(18-6-4-3-5-7-18)15-27-22(25)20(19)13-23/h3-11,19H,2,12,14-15H2,1H3/t19-/m0/s1. The summed E-state index contributed by atoms with van der Waals surface area (Å²) < 4.78 is 0. The van der Waals surface area contributed by atoms with Crippen molar-refractivity contribution in [1.29, 1.82) is 5.26 Å². The monoisotopic (exact) mass is 375 g/mol. The summed E-state index contributed by atoms with van der Waals surface area (Å²) in [5, 5.41) is 10.7. The van der Waals surface area contributed by atoms with Gasteiger partial charge in [-0.2, -0.15) is 5.26 Å². The maximum atomic E-state index is 12.9. The van der Waals surface area contributed by atoms with E-state index in [1.807, 2.05) is 30.3 Å². The normalized spacial score (nSPS) is 19.7. The summed E-state index contributed by atoms with van der Waals surface area (Å²) in [5.41, 5.74) is 4.12. The lowest BCUT2D eigenvalue weighted by atomic mass is 9.86. The molecule has 1 atom stereocenters. The van der Waals surface area contributed by atoms with E-state index in [-0.39, 0.29) is 11.8 Å². The molecule has 136 valence electrons. The van der Waals surface area contributed by atoms with Crippen molar-refractivity contribution in [2.75, 3.05) is 17.4 Å². The molecule has 1 saturated heterocycles. The maximum Gasteiger partial charge on any atom is 0.229 e. The number of allylic oxidation sites excluding steroid dienone is 1. The van der Waals surface area contributed by atoms with Crippen LogP contribution in [0, 0.1) is 11.3 Å². The van der Waals surface area contributed by atoms with Crippen molar-refractivity contribution in [3.05, 3.63) is 76.3 Å². The van der Waals surface area contributed by atoms with Crippen LogP contribution < -0.4 is 4.90 Å². The van der Waals surface area contributed by atoms with E-state index in [2.05, 4.69) is 42.2 Å². The average Bonchev–Trinajstić information content (AvgIpc) is 2.74. The number of fused-ring (bicyclic) bond motifs is 1. The highest BCUT2D eigenvalue weighted by Crippen LogP contribution is 2.43. The summed E-state index contributed by atoms with van der Waals surface area (Å²) in [5.74, 6) is 0.674. The van der Waals surface area contributed by atoms with Crippen LogP contribution >= 0.6 is 11.8 Å². The molecule has 2 aromatic rings. The van der Waals surface area contributed by atoms with E-state index in [0.29, 0.717) is 13.1 Å². The van der Waals surface area contributed by atoms with Gasteiger partial charge in [-0.05, 0) is 29.7 Å². The third-order valence-electron chi connectivity index (χ3n) is 5.21. The fraction of sp³-hybridized carbons (Fsp3) is 0.273. The Labute approximate surface area is 164 Å². The van der Waals surface area contributed by atoms with Gasteiger partial charge >= 0.3 is 0 Å². The molecule has 0 aromatic heterocycles. The molecule has 0 bridgehead atoms. The Kier molecular flexibility index (Phi) is 4.91. The molecule has 0 N–H and O–H groups in total. The van der Waals surface area contributed by atoms with Crippen LogP contribution in [0.25, 0.3) is 0 Å². The SMILES string of the molecule is CCc1ccc([C@@H]2CC(=O)N3CN(c4ccccc4)CSC3=C2C#N)cc1. The molecule has 0 radical (unpaired) electrons. The first-order valence-electron chi connectivity index (χ1n) is 9.17. The molecule has 0 unspecified atom stereocenters. The fourth-order valence-corrected chi connectivity index (χ4v) is 4.80. The molecular weight excluding hydrogens is 354 g/mol. The number of para-hydroxylation sites is 1. The maximum absolute atomic E-state index is 12.9. The van der Waals surface area contributed by atoms with Gasteiger partial charge in [-0.3, -0.25) is 9.69 Å². The zero-order chi connectivity index (χ0) is 18.8. The topological polar surface area (TPSA) is 47.3 Å². The molecular formula is C22H21N3OS. The minimum atomic E-state index is -0.143. The van der Waals surface area contributed by atoms with Crippen LogP contribution in [-0.2, 0) is 11.2 Å². The lowest BCUT2D eigenvalue weighted by Gasteiger charge is -2.42. The number of rotatable bonds is 3. The first-order chi connectivity index (χ1) is 13.2. The molecule has 4 nitrogen and oxygen atoms in total. The number of amides is 1. The Balaban J connectivity index is 1.65. The average molecular weight is 375 g/mol. The van der Waals surface area contributed by atoms with E-state index in [4.69, 9.17) is 0 Å². The molecule has 0 aliphatic carbocycles. The molecule has 27 heavy (non-hydrogen) atoms. The predicted octanol–water partition coefficient (Wildman–Crippen LogP) is 4.47. The molecule has 2 aliphatic rings. The summed E-state index contributed by atoms with van der Waals surface area (Å²) in [6, 6.07) is 20.8. The van der Waals surface area contributed by atoms with Gasteiger partial charge in [0.05, 0.1) is 29.2 Å². The van der Waals surface area contributed by atoms with Gasteiger partial charge in [-0.1, -0.05) is 61.2 Å². The summed E-state index contributed by atoms with van der Waals surface area (Å²) in [7, 11) is 0. The first-order valence-corrected chi connectivity index (χ1v) is 10.2. The number of nitrogens with zero attached hydrogens (tertiary/aromatic N) is 3. The Morgan fingerprint density at radius 2 is 1.89 bits per heavy atom. The van der Waals surface area contributed by atoms with Gasteiger partial charge in [0.2, 0.25) is 5.91 Å². The number of thioether (sulfide) groups is 1. The van der Waals surface area contributed by atoms with Crippen LogP contribution in [0.4, 0.5) is 5.69 Å². The lowest BCUT2D eigenvalue weighted by Crippen LogP contribution is -2.47. The number of carbonyl (C=O) groups excluding carboxylic acids is 1. The minimum Gasteiger partial charge on any atom is -0.344 e. The van der Waals surface area contributed by atoms with Crippen molar-refractivity contribution in [2.45, 2.75) is 25.7 Å². The Morgan fingerprint density at radius 1 is 1.15 bits per heavy atom. The number of nitriles is 1. The summed E-state index contributed by atoms with van der Waals surface area (Å²) >= 11 is 1.58. The van der Waals surface area contributed by atoms with Crippen molar-refractivity contribution in [1.82, 2.24) is 4.90 Å². The highest BCUT2D eigenvalue weighted by Gasteiger charge is 2.38. The van der Waals surface area contributed by atoms with Gasteiger partial charge < -0.3 is 4.90 Å². The zero-order valence-corrected chi connectivity index (χ0v) is 16.1. The second-order valence-corrected chi connectivity index (χ2v) is 7.73. The molecule has 2 aliphatic heterocycles. The second kappa shape index (κ2) is 7.50. The molecule has 2 aromatic carbocycles. The van der Waals surface area contributed by atoms with Gasteiger partial charge in [-0.25, -0.2) is 0 Å². The van der Waals surface area contributed by atoms with Crippen molar-refractivity contribution in [3.8, 4) is 6.07 Å². The third-order valence-corrected chi connectivity index (χ3v) is 6.36. The van der Waals surface area contributed by atoms with Gasteiger partial charge in [0.25, 0.3) is 0 Å². The summed E-state index contributed by atoms with van der Waals surface area (Å²) in [4.78, 5) is 16.9. The van der Waals surface area contributed by atoms with Crippen molar-refractivity contribution >= 4 is 23.4 Å². The van der Waals surface area contributed by atoms with Crippen molar-refractivity contribution in [3.63, 3.8) is 0 Å². The quantitative estimate of drug-likeness (QED) is 0.794. The minimum absolute atomic E-state index is 0.0849. The van der Waals surface area contributed by atoms with E-state index >= 15 is 0 Å². The van der Waals surface area contributed by atoms with Crippen LogP contribution in [0.1, 0.15) is 30.4 Å². The van der Waals surface area contributed by atoms with Crippen LogP contribution in [0.2, 0.25) is 0 Å². The van der Waals surface area contributed by atoms with Crippen LogP contribution in [0.3, 0.4) is 0 Å². The van der Waals surface area contributed by atoms with E-state index in [1.165, 1.54) is 5.56 Å². The Hall–Kier alpha value is -2.71. The van der Waals surface area contributed by atoms with Crippen LogP contribution in [-0.4, -0.2) is 23.4 Å². The lowest BCUT2D eigenvalue weighted by molar-refractivity contribution is -0.129. The number of hydrogen-bond acceptors (Lipinski definition) is 4. The molecule has 1 amide bonds. The summed E-state index contributed by atoms with van der Waals surface area (Å²) in [6.45, 7) is 2.62. The molecule has 0 saturated carbocycles. The predicted molar refractivity (Wildman–Crippen MR) is 109 cm³/mol. The van der Waals surface area contributed by atoms with Gasteiger partial charge in [0.1, 0.15) is 0 Å². The second-order valence-electron chi connectivity index (χ2n) is 6.79. The molecule has 2 heterocycles. The van der Waals surface area contributed by atoms with E-state index in [0.717, 1.165) is 34.2 Å². The van der Waals surface area contributed by atoms with Gasteiger partial charge in [-0.15, -0.1) is 0 Å². The van der Waals surface area contributed by atoms with Crippen LogP contribution in [0.5, 0.6) is 0 Å².